The summed E-state index contributed by atoms with van der Waals surface area (Å²) in [4.78, 5) is 11.7. The minimum atomic E-state index is -0.524. The van der Waals surface area contributed by atoms with Gasteiger partial charge in [0, 0.05) is 18.8 Å². The fourth-order valence-corrected chi connectivity index (χ4v) is 1.38. The Morgan fingerprint density at radius 1 is 1.21 bits per heavy atom. The summed E-state index contributed by atoms with van der Waals surface area (Å²) in [6.07, 6.45) is -0.524. The van der Waals surface area contributed by atoms with Crippen LogP contribution in [0, 0.1) is 11.8 Å². The smallest absolute Gasteiger partial charge is 0.252 e. The lowest BCUT2D eigenvalue weighted by Crippen LogP contribution is -2.24. The van der Waals surface area contributed by atoms with Crippen molar-refractivity contribution < 1.29 is 14.3 Å². The molecule has 0 bridgehead atoms. The van der Waals surface area contributed by atoms with E-state index in [-0.39, 0.29) is 12.5 Å². The summed E-state index contributed by atoms with van der Waals surface area (Å²) in [6, 6.07) is 9.02. The molecule has 0 aliphatic heterocycles. The molecule has 0 saturated heterocycles. The lowest BCUT2D eigenvalue weighted by Gasteiger charge is -2.09. The quantitative estimate of drug-likeness (QED) is 0.627. The zero-order chi connectivity index (χ0) is 13.9. The van der Waals surface area contributed by atoms with Crippen LogP contribution in [0.2, 0.25) is 0 Å². The summed E-state index contributed by atoms with van der Waals surface area (Å²) in [5.41, 5.74) is 0.621. The molecule has 0 atom stereocenters. The Kier molecular flexibility index (Phi) is 7.33. The van der Waals surface area contributed by atoms with Gasteiger partial charge in [0.15, 0.2) is 0 Å². The van der Waals surface area contributed by atoms with Gasteiger partial charge in [0.05, 0.1) is 6.54 Å². The number of rotatable bonds is 6. The topological polar surface area (TPSA) is 47.6 Å². The van der Waals surface area contributed by atoms with Crippen molar-refractivity contribution in [2.45, 2.75) is 20.1 Å². The molecule has 1 aromatic carbocycles. The Morgan fingerprint density at radius 2 is 1.84 bits per heavy atom. The number of carbonyl (C=O) groups is 1. The average Bonchev–Trinajstić information content (AvgIpc) is 2.44. The van der Waals surface area contributed by atoms with E-state index in [0.29, 0.717) is 18.8 Å². The van der Waals surface area contributed by atoms with Crippen molar-refractivity contribution in [3.63, 3.8) is 0 Å². The first-order chi connectivity index (χ1) is 9.27. The van der Waals surface area contributed by atoms with Gasteiger partial charge in [0.2, 0.25) is 6.29 Å². The van der Waals surface area contributed by atoms with Gasteiger partial charge in [-0.2, -0.15) is 0 Å². The molecule has 4 nitrogen and oxygen atoms in total. The van der Waals surface area contributed by atoms with E-state index in [4.69, 9.17) is 9.47 Å². The molecule has 0 saturated carbocycles. The van der Waals surface area contributed by atoms with E-state index in [0.717, 1.165) is 0 Å². The largest absolute Gasteiger partial charge is 0.342 e. The third-order valence-corrected chi connectivity index (χ3v) is 2.23. The van der Waals surface area contributed by atoms with E-state index >= 15 is 0 Å². The standard InChI is InChI=1S/C15H19NO3/c1-3-18-14(19-4-2)11-8-12-16-15(17)13-9-6-5-7-10-13/h5-7,9-10,14H,3-4,12H2,1-2H3,(H,16,17). The fraction of sp³-hybridized carbons (Fsp3) is 0.400. The highest BCUT2D eigenvalue weighted by atomic mass is 16.7. The molecule has 1 rings (SSSR count). The highest BCUT2D eigenvalue weighted by molar-refractivity contribution is 5.94. The van der Waals surface area contributed by atoms with Crippen LogP contribution in [-0.4, -0.2) is 32.0 Å². The van der Waals surface area contributed by atoms with Crippen LogP contribution in [0.15, 0.2) is 30.3 Å². The molecule has 102 valence electrons. The van der Waals surface area contributed by atoms with Gasteiger partial charge in [-0.3, -0.25) is 4.79 Å². The van der Waals surface area contributed by atoms with Crippen molar-refractivity contribution in [1.82, 2.24) is 5.32 Å². The first kappa shape index (κ1) is 15.2. The van der Waals surface area contributed by atoms with E-state index in [9.17, 15) is 4.79 Å². The third-order valence-electron chi connectivity index (χ3n) is 2.23. The zero-order valence-electron chi connectivity index (χ0n) is 11.3. The van der Waals surface area contributed by atoms with Crippen LogP contribution in [0.1, 0.15) is 24.2 Å². The van der Waals surface area contributed by atoms with Gasteiger partial charge in [0.1, 0.15) is 0 Å². The molecule has 1 N–H and O–H groups in total. The lowest BCUT2D eigenvalue weighted by atomic mass is 10.2. The SMILES string of the molecule is CCOC(C#CCNC(=O)c1ccccc1)OCC. The minimum Gasteiger partial charge on any atom is -0.342 e. The van der Waals surface area contributed by atoms with Crippen molar-refractivity contribution in [2.24, 2.45) is 0 Å². The number of nitrogens with one attached hydrogen (secondary N) is 1. The Balaban J connectivity index is 2.39. The summed E-state index contributed by atoms with van der Waals surface area (Å²) in [6.45, 7) is 5.10. The normalized spacial score (nSPS) is 9.84. The van der Waals surface area contributed by atoms with Crippen LogP contribution in [0.5, 0.6) is 0 Å². The molecule has 0 radical (unpaired) electrons. The Morgan fingerprint density at radius 3 is 2.42 bits per heavy atom. The highest BCUT2D eigenvalue weighted by Crippen LogP contribution is 1.97. The second-order valence-electron chi connectivity index (χ2n) is 3.61. The number of hydrogen-bond acceptors (Lipinski definition) is 3. The van der Waals surface area contributed by atoms with E-state index in [1.807, 2.05) is 32.0 Å². The third kappa shape index (κ3) is 6.05. The van der Waals surface area contributed by atoms with Crippen LogP contribution in [-0.2, 0) is 9.47 Å². The van der Waals surface area contributed by atoms with Crippen LogP contribution in [0.25, 0.3) is 0 Å². The summed E-state index contributed by atoms with van der Waals surface area (Å²) in [5.74, 6) is 5.50. The van der Waals surface area contributed by atoms with Crippen LogP contribution in [0.3, 0.4) is 0 Å². The van der Waals surface area contributed by atoms with Gasteiger partial charge in [-0.15, -0.1) is 0 Å². The van der Waals surface area contributed by atoms with Crippen LogP contribution < -0.4 is 5.32 Å². The molecular weight excluding hydrogens is 242 g/mol. The van der Waals surface area contributed by atoms with Crippen LogP contribution >= 0.6 is 0 Å². The van der Waals surface area contributed by atoms with Crippen molar-refractivity contribution in [2.75, 3.05) is 19.8 Å². The van der Waals surface area contributed by atoms with Gasteiger partial charge in [0.25, 0.3) is 5.91 Å². The number of benzene rings is 1. The predicted octanol–water partition coefficient (Wildman–Crippen LogP) is 1.82. The second-order valence-corrected chi connectivity index (χ2v) is 3.61. The fourth-order valence-electron chi connectivity index (χ4n) is 1.38. The monoisotopic (exact) mass is 261 g/mol. The van der Waals surface area contributed by atoms with E-state index in [1.165, 1.54) is 0 Å². The molecular formula is C15H19NO3. The molecule has 1 aromatic rings. The maximum absolute atomic E-state index is 11.7. The number of ether oxygens (including phenoxy) is 2. The van der Waals surface area contributed by atoms with Crippen molar-refractivity contribution in [3.05, 3.63) is 35.9 Å². The van der Waals surface area contributed by atoms with Gasteiger partial charge < -0.3 is 14.8 Å². The summed E-state index contributed by atoms with van der Waals surface area (Å²) in [7, 11) is 0. The molecule has 1 amide bonds. The first-order valence-electron chi connectivity index (χ1n) is 6.32. The first-order valence-corrected chi connectivity index (χ1v) is 6.32. The van der Waals surface area contributed by atoms with Crippen LogP contribution in [0.4, 0.5) is 0 Å². The minimum absolute atomic E-state index is 0.140. The molecule has 19 heavy (non-hydrogen) atoms. The summed E-state index contributed by atoms with van der Waals surface area (Å²) >= 11 is 0. The summed E-state index contributed by atoms with van der Waals surface area (Å²) in [5, 5.41) is 2.71. The molecule has 4 heteroatoms. The molecule has 0 fully saturated rings. The Bertz CT molecular complexity index is 428. The molecule has 0 unspecified atom stereocenters. The van der Waals surface area contributed by atoms with Crippen molar-refractivity contribution in [3.8, 4) is 11.8 Å². The second kappa shape index (κ2) is 9.15. The lowest BCUT2D eigenvalue weighted by molar-refractivity contribution is -0.0970. The maximum Gasteiger partial charge on any atom is 0.252 e. The van der Waals surface area contributed by atoms with Gasteiger partial charge in [-0.05, 0) is 31.9 Å². The molecule has 0 heterocycles. The predicted molar refractivity (Wildman–Crippen MR) is 73.6 cm³/mol. The van der Waals surface area contributed by atoms with Gasteiger partial charge >= 0.3 is 0 Å². The molecule has 0 aliphatic carbocycles. The van der Waals surface area contributed by atoms with E-state index in [2.05, 4.69) is 17.2 Å². The number of amides is 1. The number of carbonyl (C=O) groups excluding carboxylic acids is 1. The maximum atomic E-state index is 11.7. The van der Waals surface area contributed by atoms with Gasteiger partial charge in [-0.25, -0.2) is 0 Å². The van der Waals surface area contributed by atoms with Gasteiger partial charge in [-0.1, -0.05) is 24.1 Å². The highest BCUT2D eigenvalue weighted by Gasteiger charge is 2.03. The van der Waals surface area contributed by atoms with Crippen molar-refractivity contribution in [1.29, 1.82) is 0 Å². The Labute approximate surface area is 114 Å². The molecule has 0 aliphatic rings. The average molecular weight is 261 g/mol. The molecule has 0 spiro atoms. The van der Waals surface area contributed by atoms with E-state index < -0.39 is 6.29 Å². The van der Waals surface area contributed by atoms with E-state index in [1.54, 1.807) is 12.1 Å². The van der Waals surface area contributed by atoms with Crippen molar-refractivity contribution >= 4 is 5.91 Å². The Hall–Kier alpha value is -1.83. The summed E-state index contributed by atoms with van der Waals surface area (Å²) < 4.78 is 10.5. The number of hydrogen-bond donors (Lipinski definition) is 1. The molecule has 0 aromatic heterocycles. The zero-order valence-corrected chi connectivity index (χ0v) is 11.3.